The van der Waals surface area contributed by atoms with Gasteiger partial charge in [0.05, 0.1) is 0 Å². The van der Waals surface area contributed by atoms with Crippen LogP contribution in [0.15, 0.2) is 0 Å². The van der Waals surface area contributed by atoms with Crippen LogP contribution >= 0.6 is 0 Å². The first-order valence-corrected chi connectivity index (χ1v) is 2.04. The van der Waals surface area contributed by atoms with E-state index in [0.717, 1.165) is 0 Å². The van der Waals surface area contributed by atoms with Crippen molar-refractivity contribution in [3.8, 4) is 0 Å². The van der Waals surface area contributed by atoms with E-state index >= 15 is 0 Å². The van der Waals surface area contributed by atoms with E-state index in [1.165, 1.54) is 12.8 Å². The van der Waals surface area contributed by atoms with Gasteiger partial charge in [0, 0.05) is 6.61 Å². The van der Waals surface area contributed by atoms with E-state index in [0.29, 0.717) is 12.5 Å². The molecular weight excluding hydrogens is 71.0 g/mol. The maximum atomic E-state index is 8.21. The first kappa shape index (κ1) is 6.56. The van der Waals surface area contributed by atoms with E-state index in [-0.39, 0.29) is 18.9 Å². The molecule has 0 aromatic rings. The molecule has 1 rings (SSSR count). The molecule has 1 aliphatic rings. The molecule has 6 heavy (non-hydrogen) atoms. The molecule has 0 aliphatic heterocycles. The normalized spacial score (nSPS) is 19.5. The molecule has 0 spiro atoms. The van der Waals surface area contributed by atoms with Gasteiger partial charge >= 0.3 is 18.9 Å². The molecule has 1 fully saturated rings. The van der Waals surface area contributed by atoms with Crippen molar-refractivity contribution in [2.75, 3.05) is 6.61 Å². The number of rotatable bonds is 1. The van der Waals surface area contributed by atoms with E-state index in [4.69, 9.17) is 5.11 Å². The number of aliphatic hydroxyl groups is 1. The third-order valence-electron chi connectivity index (χ3n) is 0.955. The van der Waals surface area contributed by atoms with Crippen molar-refractivity contribution in [2.45, 2.75) is 12.8 Å². The molecule has 0 bridgehead atoms. The summed E-state index contributed by atoms with van der Waals surface area (Å²) in [6.45, 7) is 0.417. The number of hydrogen-bond acceptors (Lipinski definition) is 1. The number of hydrogen-bond donors (Lipinski definition) is 1. The minimum absolute atomic E-state index is 0. The Bertz CT molecular complexity index is 34.5. The van der Waals surface area contributed by atoms with Crippen molar-refractivity contribution in [1.29, 1.82) is 0 Å². The fourth-order valence-corrected chi connectivity index (χ4v) is 0.300. The molecule has 0 saturated heterocycles. The summed E-state index contributed by atoms with van der Waals surface area (Å²) in [6.07, 6.45) is 2.52. The Hall–Kier alpha value is 0.557. The first-order valence-electron chi connectivity index (χ1n) is 2.04. The molecule has 1 N–H and O–H groups in total. The van der Waals surface area contributed by atoms with Crippen LogP contribution in [0.3, 0.4) is 0 Å². The summed E-state index contributed by atoms with van der Waals surface area (Å²) in [5.41, 5.74) is 0. The SMILES string of the molecule is OCC1CC1.[LiH]. The Morgan fingerprint density at radius 2 is 2.00 bits per heavy atom. The zero-order valence-electron chi connectivity index (χ0n) is 3.15. The van der Waals surface area contributed by atoms with Crippen molar-refractivity contribution in [3.63, 3.8) is 0 Å². The molecule has 2 heteroatoms. The molecule has 1 nitrogen and oxygen atoms in total. The van der Waals surface area contributed by atoms with Gasteiger partial charge in [0.1, 0.15) is 0 Å². The minimum atomic E-state index is 0. The molecule has 32 valence electrons. The summed E-state index contributed by atoms with van der Waals surface area (Å²) >= 11 is 0. The summed E-state index contributed by atoms with van der Waals surface area (Å²) in [7, 11) is 0. The molecule has 0 unspecified atom stereocenters. The standard InChI is InChI=1S/C4H8O.Li.H/c5-3-4-1-2-4;;/h4-5H,1-3H2;;. The molecule has 0 aromatic heterocycles. The van der Waals surface area contributed by atoms with Gasteiger partial charge in [-0.1, -0.05) is 0 Å². The molecule has 0 heterocycles. The molecule has 0 atom stereocenters. The second-order valence-corrected chi connectivity index (χ2v) is 1.63. The quantitative estimate of drug-likeness (QED) is 0.430. The summed E-state index contributed by atoms with van der Waals surface area (Å²) in [5, 5.41) is 8.21. The van der Waals surface area contributed by atoms with E-state index in [1.54, 1.807) is 0 Å². The predicted octanol–water partition coefficient (Wildman–Crippen LogP) is -0.260. The topological polar surface area (TPSA) is 20.2 Å². The van der Waals surface area contributed by atoms with Gasteiger partial charge in [-0.25, -0.2) is 0 Å². The Morgan fingerprint density at radius 3 is 2.00 bits per heavy atom. The third kappa shape index (κ3) is 1.87. The van der Waals surface area contributed by atoms with E-state index in [1.807, 2.05) is 0 Å². The van der Waals surface area contributed by atoms with Gasteiger partial charge in [-0.3, -0.25) is 0 Å². The second-order valence-electron chi connectivity index (χ2n) is 1.63. The first-order chi connectivity index (χ1) is 2.43. The fourth-order valence-electron chi connectivity index (χ4n) is 0.300. The van der Waals surface area contributed by atoms with Crippen LogP contribution < -0.4 is 0 Å². The zero-order chi connectivity index (χ0) is 3.70. The predicted molar refractivity (Wildman–Crippen MR) is 27.0 cm³/mol. The Kier molecular flexibility index (Phi) is 2.93. The van der Waals surface area contributed by atoms with Crippen LogP contribution in [0.1, 0.15) is 12.8 Å². The fraction of sp³-hybridized carbons (Fsp3) is 1.00. The van der Waals surface area contributed by atoms with Gasteiger partial charge in [0.15, 0.2) is 0 Å². The van der Waals surface area contributed by atoms with Crippen LogP contribution in [0.4, 0.5) is 0 Å². The van der Waals surface area contributed by atoms with E-state index in [2.05, 4.69) is 0 Å². The second kappa shape index (κ2) is 2.68. The average molecular weight is 80.1 g/mol. The monoisotopic (exact) mass is 80.1 g/mol. The summed E-state index contributed by atoms with van der Waals surface area (Å²) < 4.78 is 0. The summed E-state index contributed by atoms with van der Waals surface area (Å²) in [4.78, 5) is 0. The molecule has 1 aliphatic carbocycles. The molecule has 0 amide bonds. The van der Waals surface area contributed by atoms with Gasteiger partial charge in [0.25, 0.3) is 0 Å². The van der Waals surface area contributed by atoms with Crippen LogP contribution in [-0.4, -0.2) is 30.6 Å². The Morgan fingerprint density at radius 1 is 1.50 bits per heavy atom. The third-order valence-corrected chi connectivity index (χ3v) is 0.955. The Balaban J connectivity index is 0.000000250. The Labute approximate surface area is 49.9 Å². The summed E-state index contributed by atoms with van der Waals surface area (Å²) in [5.74, 6) is 0.690. The van der Waals surface area contributed by atoms with Crippen LogP contribution in [0.5, 0.6) is 0 Å². The molecular formula is C4H9LiO. The average Bonchev–Trinajstić information content (AvgIpc) is 2.12. The van der Waals surface area contributed by atoms with Crippen molar-refractivity contribution in [1.82, 2.24) is 0 Å². The van der Waals surface area contributed by atoms with Crippen molar-refractivity contribution in [3.05, 3.63) is 0 Å². The van der Waals surface area contributed by atoms with Gasteiger partial charge in [0.2, 0.25) is 0 Å². The molecule has 0 aromatic carbocycles. The van der Waals surface area contributed by atoms with Gasteiger partial charge in [-0.2, -0.15) is 0 Å². The van der Waals surface area contributed by atoms with Crippen LogP contribution in [0, 0.1) is 5.92 Å². The van der Waals surface area contributed by atoms with E-state index < -0.39 is 0 Å². The van der Waals surface area contributed by atoms with Crippen LogP contribution in [-0.2, 0) is 0 Å². The van der Waals surface area contributed by atoms with Crippen LogP contribution in [0.25, 0.3) is 0 Å². The number of aliphatic hydroxyl groups excluding tert-OH is 1. The van der Waals surface area contributed by atoms with Gasteiger partial charge in [-0.15, -0.1) is 0 Å². The summed E-state index contributed by atoms with van der Waals surface area (Å²) in [6, 6.07) is 0. The van der Waals surface area contributed by atoms with Crippen molar-refractivity contribution < 1.29 is 5.11 Å². The van der Waals surface area contributed by atoms with E-state index in [9.17, 15) is 0 Å². The van der Waals surface area contributed by atoms with Gasteiger partial charge in [-0.05, 0) is 18.8 Å². The van der Waals surface area contributed by atoms with Crippen LogP contribution in [0.2, 0.25) is 0 Å². The van der Waals surface area contributed by atoms with Gasteiger partial charge < -0.3 is 5.11 Å². The molecule has 0 radical (unpaired) electrons. The van der Waals surface area contributed by atoms with Crippen molar-refractivity contribution >= 4 is 18.9 Å². The van der Waals surface area contributed by atoms with Crippen molar-refractivity contribution in [2.24, 2.45) is 5.92 Å². The zero-order valence-corrected chi connectivity index (χ0v) is 3.15. The molecule has 1 saturated carbocycles. The maximum absolute atomic E-state index is 8.21.